The van der Waals surface area contributed by atoms with Crippen LogP contribution in [-0.4, -0.2) is 7.05 Å². The third-order valence-electron chi connectivity index (χ3n) is 2.09. The van der Waals surface area contributed by atoms with Crippen LogP contribution >= 0.6 is 12.6 Å². The Kier molecular flexibility index (Phi) is 2.33. The summed E-state index contributed by atoms with van der Waals surface area (Å²) in [6.07, 6.45) is 5.21. The van der Waals surface area contributed by atoms with Crippen LogP contribution in [0.25, 0.3) is 0 Å². The molecule has 0 aromatic heterocycles. The van der Waals surface area contributed by atoms with Crippen molar-refractivity contribution in [2.75, 3.05) is 7.05 Å². The second-order valence-electron chi connectivity index (χ2n) is 3.55. The van der Waals surface area contributed by atoms with Crippen LogP contribution in [0.1, 0.15) is 20.3 Å². The van der Waals surface area contributed by atoms with Gasteiger partial charge in [-0.25, -0.2) is 0 Å². The first kappa shape index (κ1) is 8.72. The number of allylic oxidation sites excluding steroid dienone is 4. The zero-order valence-corrected chi connectivity index (χ0v) is 8.20. The maximum Gasteiger partial charge on any atom is 0.0113 e. The Morgan fingerprint density at radius 2 is 2.09 bits per heavy atom. The molecule has 1 rings (SSSR count). The maximum absolute atomic E-state index is 4.41. The SMILES string of the molecule is CNC1=CC=C(S)C(C)(C)C1. The van der Waals surface area contributed by atoms with Crippen molar-refractivity contribution in [3.8, 4) is 0 Å². The molecule has 1 aliphatic carbocycles. The normalized spacial score (nSPS) is 22.2. The molecule has 1 N–H and O–H groups in total. The van der Waals surface area contributed by atoms with Crippen molar-refractivity contribution >= 4 is 12.6 Å². The second-order valence-corrected chi connectivity index (χ2v) is 4.04. The number of hydrogen-bond donors (Lipinski definition) is 2. The molecule has 0 bridgehead atoms. The van der Waals surface area contributed by atoms with E-state index in [2.05, 4.69) is 43.9 Å². The van der Waals surface area contributed by atoms with Crippen LogP contribution in [0, 0.1) is 5.41 Å². The second kappa shape index (κ2) is 2.94. The number of nitrogens with one attached hydrogen (secondary N) is 1. The van der Waals surface area contributed by atoms with Crippen LogP contribution in [0.5, 0.6) is 0 Å². The highest BCUT2D eigenvalue weighted by molar-refractivity contribution is 7.84. The lowest BCUT2D eigenvalue weighted by Crippen LogP contribution is -2.20. The molecule has 0 aromatic rings. The number of thiol groups is 1. The van der Waals surface area contributed by atoms with Gasteiger partial charge in [-0.2, -0.15) is 0 Å². The summed E-state index contributed by atoms with van der Waals surface area (Å²) in [6.45, 7) is 4.41. The van der Waals surface area contributed by atoms with Crippen LogP contribution in [0.15, 0.2) is 22.8 Å². The van der Waals surface area contributed by atoms with Crippen molar-refractivity contribution in [2.45, 2.75) is 20.3 Å². The highest BCUT2D eigenvalue weighted by Gasteiger charge is 2.24. The predicted molar refractivity (Wildman–Crippen MR) is 52.6 cm³/mol. The summed E-state index contributed by atoms with van der Waals surface area (Å²) in [4.78, 5) is 1.16. The molecular formula is C9H15NS. The van der Waals surface area contributed by atoms with Gasteiger partial charge in [-0.15, -0.1) is 12.6 Å². The molecule has 0 aromatic carbocycles. The molecule has 11 heavy (non-hydrogen) atoms. The Bertz CT molecular complexity index is 214. The fourth-order valence-corrected chi connectivity index (χ4v) is 1.36. The fourth-order valence-electron chi connectivity index (χ4n) is 1.20. The third-order valence-corrected chi connectivity index (χ3v) is 2.84. The Morgan fingerprint density at radius 3 is 2.55 bits per heavy atom. The van der Waals surface area contributed by atoms with Crippen molar-refractivity contribution in [1.29, 1.82) is 0 Å². The first-order valence-electron chi connectivity index (χ1n) is 3.84. The molecule has 0 amide bonds. The van der Waals surface area contributed by atoms with Crippen molar-refractivity contribution in [3.05, 3.63) is 22.8 Å². The van der Waals surface area contributed by atoms with E-state index >= 15 is 0 Å². The van der Waals surface area contributed by atoms with Crippen LogP contribution in [0.3, 0.4) is 0 Å². The first-order chi connectivity index (χ1) is 5.06. The van der Waals surface area contributed by atoms with Gasteiger partial charge in [-0.1, -0.05) is 19.9 Å². The molecule has 1 aliphatic rings. The van der Waals surface area contributed by atoms with Gasteiger partial charge < -0.3 is 5.32 Å². The van der Waals surface area contributed by atoms with Crippen LogP contribution in [0.2, 0.25) is 0 Å². The monoisotopic (exact) mass is 169 g/mol. The van der Waals surface area contributed by atoms with Gasteiger partial charge in [0.2, 0.25) is 0 Å². The van der Waals surface area contributed by atoms with E-state index in [9.17, 15) is 0 Å². The molecule has 0 saturated heterocycles. The minimum atomic E-state index is 0.205. The molecule has 0 radical (unpaired) electrons. The number of rotatable bonds is 1. The lowest BCUT2D eigenvalue weighted by Gasteiger charge is -2.29. The van der Waals surface area contributed by atoms with E-state index in [1.54, 1.807) is 0 Å². The van der Waals surface area contributed by atoms with Crippen molar-refractivity contribution in [2.24, 2.45) is 5.41 Å². The minimum Gasteiger partial charge on any atom is -0.391 e. The maximum atomic E-state index is 4.41. The van der Waals surface area contributed by atoms with Gasteiger partial charge in [0, 0.05) is 18.2 Å². The molecule has 0 aliphatic heterocycles. The molecule has 1 nitrogen and oxygen atoms in total. The third kappa shape index (κ3) is 1.80. The highest BCUT2D eigenvalue weighted by Crippen LogP contribution is 2.37. The van der Waals surface area contributed by atoms with E-state index in [1.807, 2.05) is 7.05 Å². The Balaban J connectivity index is 2.84. The van der Waals surface area contributed by atoms with Crippen LogP contribution in [0.4, 0.5) is 0 Å². The van der Waals surface area contributed by atoms with Crippen LogP contribution in [-0.2, 0) is 0 Å². The number of hydrogen-bond acceptors (Lipinski definition) is 2. The van der Waals surface area contributed by atoms with E-state index in [0.29, 0.717) is 0 Å². The topological polar surface area (TPSA) is 12.0 Å². The Labute approximate surface area is 74.0 Å². The standard InChI is InChI=1S/C9H15NS/c1-9(2)6-7(10-3)4-5-8(9)11/h4-5,10-11H,6H2,1-3H3. The van der Waals surface area contributed by atoms with Gasteiger partial charge >= 0.3 is 0 Å². The van der Waals surface area contributed by atoms with Gasteiger partial charge in [0.15, 0.2) is 0 Å². The van der Waals surface area contributed by atoms with Gasteiger partial charge in [-0.05, 0) is 17.4 Å². The molecule has 0 atom stereocenters. The highest BCUT2D eigenvalue weighted by atomic mass is 32.1. The van der Waals surface area contributed by atoms with E-state index in [1.165, 1.54) is 5.70 Å². The fraction of sp³-hybridized carbons (Fsp3) is 0.556. The van der Waals surface area contributed by atoms with Gasteiger partial charge in [0.1, 0.15) is 0 Å². The summed E-state index contributed by atoms with van der Waals surface area (Å²) in [6, 6.07) is 0. The molecule has 0 spiro atoms. The van der Waals surface area contributed by atoms with E-state index in [4.69, 9.17) is 0 Å². The first-order valence-corrected chi connectivity index (χ1v) is 4.29. The summed E-state index contributed by atoms with van der Waals surface area (Å²) in [5.41, 5.74) is 1.49. The van der Waals surface area contributed by atoms with E-state index in [-0.39, 0.29) is 5.41 Å². The largest absolute Gasteiger partial charge is 0.391 e. The molecule has 0 unspecified atom stereocenters. The van der Waals surface area contributed by atoms with Crippen molar-refractivity contribution in [1.82, 2.24) is 5.32 Å². The molecule has 0 fully saturated rings. The lowest BCUT2D eigenvalue weighted by atomic mass is 9.84. The summed E-state index contributed by atoms with van der Waals surface area (Å²) in [5.74, 6) is 0. The summed E-state index contributed by atoms with van der Waals surface area (Å²) in [7, 11) is 1.96. The van der Waals surface area contributed by atoms with E-state index in [0.717, 1.165) is 11.3 Å². The Hall–Kier alpha value is -0.370. The zero-order valence-electron chi connectivity index (χ0n) is 7.31. The van der Waals surface area contributed by atoms with Gasteiger partial charge in [0.05, 0.1) is 0 Å². The summed E-state index contributed by atoms with van der Waals surface area (Å²) in [5, 5.41) is 3.16. The Morgan fingerprint density at radius 1 is 1.45 bits per heavy atom. The van der Waals surface area contributed by atoms with Crippen LogP contribution < -0.4 is 5.32 Å². The molecular weight excluding hydrogens is 154 g/mol. The molecule has 0 saturated carbocycles. The average Bonchev–Trinajstić information content (AvgIpc) is 1.95. The van der Waals surface area contributed by atoms with Gasteiger partial charge in [-0.3, -0.25) is 0 Å². The van der Waals surface area contributed by atoms with Crippen molar-refractivity contribution < 1.29 is 0 Å². The van der Waals surface area contributed by atoms with Gasteiger partial charge in [0.25, 0.3) is 0 Å². The average molecular weight is 169 g/mol. The molecule has 2 heteroatoms. The smallest absolute Gasteiger partial charge is 0.0113 e. The zero-order chi connectivity index (χ0) is 8.48. The minimum absolute atomic E-state index is 0.205. The molecule has 0 heterocycles. The van der Waals surface area contributed by atoms with Crippen molar-refractivity contribution in [3.63, 3.8) is 0 Å². The van der Waals surface area contributed by atoms with E-state index < -0.39 is 0 Å². The molecule has 62 valence electrons. The predicted octanol–water partition coefficient (Wildman–Crippen LogP) is 2.33. The summed E-state index contributed by atoms with van der Waals surface area (Å²) >= 11 is 4.41. The summed E-state index contributed by atoms with van der Waals surface area (Å²) < 4.78 is 0. The lowest BCUT2D eigenvalue weighted by molar-refractivity contribution is 0.450. The quantitative estimate of drug-likeness (QED) is 0.574.